The van der Waals surface area contributed by atoms with E-state index in [-0.39, 0.29) is 6.04 Å². The van der Waals surface area contributed by atoms with Crippen LogP contribution >= 0.6 is 11.5 Å². The van der Waals surface area contributed by atoms with E-state index < -0.39 is 0 Å². The molecule has 1 aliphatic heterocycles. The van der Waals surface area contributed by atoms with Gasteiger partial charge in [0, 0.05) is 11.5 Å². The predicted molar refractivity (Wildman–Crippen MR) is 74.1 cm³/mol. The molecule has 0 saturated heterocycles. The standard InChI is InChI=1S/C13H15N3O2S/c1-8(14-13-15-9(2)16-19-13)10-3-4-11-12(7-10)18-6-5-17-11/h3-4,7-8H,5-6H2,1-2H3,(H,14,15,16). The highest BCUT2D eigenvalue weighted by Gasteiger charge is 2.15. The van der Waals surface area contributed by atoms with Gasteiger partial charge in [0.05, 0.1) is 6.04 Å². The lowest BCUT2D eigenvalue weighted by atomic mass is 10.1. The van der Waals surface area contributed by atoms with E-state index in [0.29, 0.717) is 13.2 Å². The topological polar surface area (TPSA) is 56.3 Å². The van der Waals surface area contributed by atoms with E-state index in [0.717, 1.165) is 28.0 Å². The molecule has 1 aliphatic rings. The number of fused-ring (bicyclic) bond motifs is 1. The van der Waals surface area contributed by atoms with Gasteiger partial charge in [-0.25, -0.2) is 4.98 Å². The Labute approximate surface area is 115 Å². The lowest BCUT2D eigenvalue weighted by molar-refractivity contribution is 0.171. The Bertz CT molecular complexity index is 585. The zero-order valence-corrected chi connectivity index (χ0v) is 11.7. The molecule has 0 radical (unpaired) electrons. The third-order valence-electron chi connectivity index (χ3n) is 2.93. The summed E-state index contributed by atoms with van der Waals surface area (Å²) in [5.41, 5.74) is 1.14. The third-order valence-corrected chi connectivity index (χ3v) is 3.67. The maximum Gasteiger partial charge on any atom is 0.203 e. The molecule has 5 nitrogen and oxygen atoms in total. The summed E-state index contributed by atoms with van der Waals surface area (Å²) in [5, 5.41) is 4.17. The van der Waals surface area contributed by atoms with E-state index in [2.05, 4.69) is 21.6 Å². The summed E-state index contributed by atoms with van der Waals surface area (Å²) >= 11 is 1.37. The van der Waals surface area contributed by atoms with Crippen molar-refractivity contribution in [3.8, 4) is 11.5 Å². The molecular formula is C13H15N3O2S. The molecule has 1 atom stereocenters. The third kappa shape index (κ3) is 2.63. The molecule has 19 heavy (non-hydrogen) atoms. The van der Waals surface area contributed by atoms with E-state index in [1.165, 1.54) is 11.5 Å². The fourth-order valence-corrected chi connectivity index (χ4v) is 2.62. The van der Waals surface area contributed by atoms with Crippen molar-refractivity contribution in [2.45, 2.75) is 19.9 Å². The van der Waals surface area contributed by atoms with Gasteiger partial charge < -0.3 is 14.8 Å². The van der Waals surface area contributed by atoms with Gasteiger partial charge in [0.25, 0.3) is 0 Å². The maximum absolute atomic E-state index is 5.59. The maximum atomic E-state index is 5.59. The number of hydrogen-bond donors (Lipinski definition) is 1. The molecule has 1 unspecified atom stereocenters. The van der Waals surface area contributed by atoms with Gasteiger partial charge >= 0.3 is 0 Å². The van der Waals surface area contributed by atoms with Gasteiger partial charge in [-0.15, -0.1) is 0 Å². The van der Waals surface area contributed by atoms with Crippen molar-refractivity contribution < 1.29 is 9.47 Å². The molecule has 100 valence electrons. The number of rotatable bonds is 3. The zero-order valence-electron chi connectivity index (χ0n) is 10.8. The van der Waals surface area contributed by atoms with E-state index in [1.807, 2.05) is 25.1 Å². The Morgan fingerprint density at radius 2 is 2.05 bits per heavy atom. The van der Waals surface area contributed by atoms with Gasteiger partial charge in [-0.2, -0.15) is 4.37 Å². The fourth-order valence-electron chi connectivity index (χ4n) is 1.95. The minimum Gasteiger partial charge on any atom is -0.486 e. The second kappa shape index (κ2) is 5.05. The van der Waals surface area contributed by atoms with Crippen molar-refractivity contribution in [2.24, 2.45) is 0 Å². The summed E-state index contributed by atoms with van der Waals surface area (Å²) in [6, 6.07) is 6.15. The van der Waals surface area contributed by atoms with Crippen LogP contribution in [0.5, 0.6) is 11.5 Å². The lowest BCUT2D eigenvalue weighted by Crippen LogP contribution is -2.16. The summed E-state index contributed by atoms with van der Waals surface area (Å²) in [4.78, 5) is 4.30. The molecule has 0 spiro atoms. The van der Waals surface area contributed by atoms with Crippen LogP contribution in [0, 0.1) is 6.92 Å². The van der Waals surface area contributed by atoms with Crippen molar-refractivity contribution in [2.75, 3.05) is 18.5 Å². The predicted octanol–water partition coefficient (Wildman–Crippen LogP) is 2.79. The molecule has 1 N–H and O–H groups in total. The van der Waals surface area contributed by atoms with Crippen LogP contribution < -0.4 is 14.8 Å². The first-order valence-electron chi connectivity index (χ1n) is 6.19. The van der Waals surface area contributed by atoms with E-state index in [9.17, 15) is 0 Å². The quantitative estimate of drug-likeness (QED) is 0.935. The van der Waals surface area contributed by atoms with Crippen molar-refractivity contribution >= 4 is 16.7 Å². The molecule has 0 saturated carbocycles. The molecular weight excluding hydrogens is 262 g/mol. The first-order chi connectivity index (χ1) is 9.22. The van der Waals surface area contributed by atoms with Gasteiger partial charge in [-0.3, -0.25) is 0 Å². The second-order valence-corrected chi connectivity index (χ2v) is 5.17. The molecule has 6 heteroatoms. The second-order valence-electron chi connectivity index (χ2n) is 4.42. The first kappa shape index (κ1) is 12.2. The Hall–Kier alpha value is -1.82. The summed E-state index contributed by atoms with van der Waals surface area (Å²) in [7, 11) is 0. The van der Waals surface area contributed by atoms with Gasteiger partial charge in [0.1, 0.15) is 19.0 Å². The zero-order chi connectivity index (χ0) is 13.2. The largest absolute Gasteiger partial charge is 0.486 e. The minimum absolute atomic E-state index is 0.142. The first-order valence-corrected chi connectivity index (χ1v) is 6.96. The van der Waals surface area contributed by atoms with Crippen LogP contribution in [0.4, 0.5) is 5.13 Å². The Balaban J connectivity index is 1.77. The molecule has 2 heterocycles. The highest BCUT2D eigenvalue weighted by Crippen LogP contribution is 2.33. The Morgan fingerprint density at radius 3 is 2.79 bits per heavy atom. The van der Waals surface area contributed by atoms with Crippen LogP contribution in [0.1, 0.15) is 24.4 Å². The highest BCUT2D eigenvalue weighted by atomic mass is 32.1. The average molecular weight is 277 g/mol. The van der Waals surface area contributed by atoms with Crippen LogP contribution in [0.15, 0.2) is 18.2 Å². The number of aryl methyl sites for hydroxylation is 1. The van der Waals surface area contributed by atoms with Crippen LogP contribution in [0.2, 0.25) is 0 Å². The van der Waals surface area contributed by atoms with Crippen molar-refractivity contribution in [3.05, 3.63) is 29.6 Å². The van der Waals surface area contributed by atoms with Crippen molar-refractivity contribution in [3.63, 3.8) is 0 Å². The van der Waals surface area contributed by atoms with Crippen LogP contribution in [0.3, 0.4) is 0 Å². The van der Waals surface area contributed by atoms with Crippen molar-refractivity contribution in [1.82, 2.24) is 9.36 Å². The van der Waals surface area contributed by atoms with Crippen LogP contribution in [-0.2, 0) is 0 Å². The lowest BCUT2D eigenvalue weighted by Gasteiger charge is -2.20. The summed E-state index contributed by atoms with van der Waals surface area (Å²) in [6.07, 6.45) is 0. The number of anilines is 1. The van der Waals surface area contributed by atoms with Gasteiger partial charge in [0.15, 0.2) is 11.5 Å². The monoisotopic (exact) mass is 277 g/mol. The fraction of sp³-hybridized carbons (Fsp3) is 0.385. The molecule has 1 aromatic heterocycles. The molecule has 2 aromatic rings. The van der Waals surface area contributed by atoms with Crippen LogP contribution in [-0.4, -0.2) is 22.6 Å². The van der Waals surface area contributed by atoms with Gasteiger partial charge in [-0.1, -0.05) is 6.07 Å². The summed E-state index contributed by atoms with van der Waals surface area (Å²) in [6.45, 7) is 5.19. The number of hydrogen-bond acceptors (Lipinski definition) is 6. The minimum atomic E-state index is 0.142. The smallest absolute Gasteiger partial charge is 0.203 e. The Morgan fingerprint density at radius 1 is 1.26 bits per heavy atom. The summed E-state index contributed by atoms with van der Waals surface area (Å²) < 4.78 is 15.3. The Kier molecular flexibility index (Phi) is 3.25. The molecule has 0 amide bonds. The number of aromatic nitrogens is 2. The summed E-state index contributed by atoms with van der Waals surface area (Å²) in [5.74, 6) is 2.42. The molecule has 0 bridgehead atoms. The van der Waals surface area contributed by atoms with Crippen LogP contribution in [0.25, 0.3) is 0 Å². The SMILES string of the molecule is Cc1nsc(NC(C)c2ccc3c(c2)OCCO3)n1. The number of ether oxygens (including phenoxy) is 2. The molecule has 0 aliphatic carbocycles. The highest BCUT2D eigenvalue weighted by molar-refractivity contribution is 7.09. The van der Waals surface area contributed by atoms with Crippen molar-refractivity contribution in [1.29, 1.82) is 0 Å². The van der Waals surface area contributed by atoms with Gasteiger partial charge in [0.2, 0.25) is 5.13 Å². The van der Waals surface area contributed by atoms with E-state index >= 15 is 0 Å². The van der Waals surface area contributed by atoms with Gasteiger partial charge in [-0.05, 0) is 31.5 Å². The molecule has 3 rings (SSSR count). The normalized spacial score (nSPS) is 15.1. The average Bonchev–Trinajstić information content (AvgIpc) is 2.83. The number of benzene rings is 1. The van der Waals surface area contributed by atoms with E-state index in [1.54, 1.807) is 0 Å². The molecule has 1 aromatic carbocycles. The van der Waals surface area contributed by atoms with E-state index in [4.69, 9.17) is 9.47 Å². The number of nitrogens with one attached hydrogen (secondary N) is 1. The molecule has 0 fully saturated rings. The number of nitrogens with zero attached hydrogens (tertiary/aromatic N) is 2.